The van der Waals surface area contributed by atoms with Gasteiger partial charge in [-0.25, -0.2) is 0 Å². The van der Waals surface area contributed by atoms with Gasteiger partial charge in [0.2, 0.25) is 5.69 Å². The molecule has 1 aliphatic rings. The van der Waals surface area contributed by atoms with Gasteiger partial charge in [-0.15, -0.1) is 0 Å². The molecule has 1 heterocycles. The van der Waals surface area contributed by atoms with Crippen LogP contribution in [0.15, 0.2) is 42.5 Å². The van der Waals surface area contributed by atoms with Crippen LogP contribution in [0, 0.1) is 32.0 Å². The summed E-state index contributed by atoms with van der Waals surface area (Å²) in [5, 5.41) is 9.51. The van der Waals surface area contributed by atoms with Crippen LogP contribution in [0.3, 0.4) is 0 Å². The maximum Gasteiger partial charge on any atom is 0.213 e. The van der Waals surface area contributed by atoms with Crippen LogP contribution < -0.4 is 4.57 Å². The predicted octanol–water partition coefficient (Wildman–Crippen LogP) is 4.55. The Labute approximate surface area is 153 Å². The third kappa shape index (κ3) is 2.27. The third-order valence-corrected chi connectivity index (χ3v) is 5.26. The van der Waals surface area contributed by atoms with Crippen LogP contribution in [0.4, 0.5) is 0 Å². The molecule has 1 aliphatic carbocycles. The average Bonchev–Trinajstić information content (AvgIpc) is 3.02. The van der Waals surface area contributed by atoms with E-state index in [2.05, 4.69) is 31.2 Å². The van der Waals surface area contributed by atoms with Gasteiger partial charge in [-0.3, -0.25) is 0 Å². The van der Waals surface area contributed by atoms with Crippen molar-refractivity contribution < 1.29 is 8.68 Å². The monoisotopic (exact) mass is 328 g/mol. The van der Waals surface area contributed by atoms with Crippen molar-refractivity contribution in [1.82, 2.24) is 0 Å². The summed E-state index contributed by atoms with van der Waals surface area (Å²) in [7, 11) is 1.97. The summed E-state index contributed by atoms with van der Waals surface area (Å²) in [4.78, 5) is 0. The molecule has 0 fully saturated rings. The second kappa shape index (κ2) is 5.57. The van der Waals surface area contributed by atoms with E-state index in [4.69, 9.17) is 4.11 Å². The molecule has 122 valence electrons. The number of hydrogen-bond acceptors (Lipinski definition) is 1. The van der Waals surface area contributed by atoms with Gasteiger partial charge in [0.15, 0.2) is 5.69 Å². The normalized spacial score (nSPS) is 14.1. The Morgan fingerprint density at radius 1 is 1.08 bits per heavy atom. The fourth-order valence-electron chi connectivity index (χ4n) is 3.91. The van der Waals surface area contributed by atoms with E-state index < -0.39 is 6.85 Å². The van der Waals surface area contributed by atoms with Crippen molar-refractivity contribution in [3.05, 3.63) is 76.0 Å². The summed E-state index contributed by atoms with van der Waals surface area (Å²) >= 11 is 0. The second-order valence-electron chi connectivity index (χ2n) is 6.73. The lowest BCUT2D eigenvalue weighted by Gasteiger charge is -2.12. The van der Waals surface area contributed by atoms with E-state index in [9.17, 15) is 5.26 Å². The first-order valence-corrected chi connectivity index (χ1v) is 8.38. The SMILES string of the molecule is [2H]C([2H])([2H])c1cc(C)[n+](C)c(-c2c(C)ccc3c2Cc2c(C#N)cccc2-3)c1. The Bertz CT molecular complexity index is 1170. The maximum atomic E-state index is 9.51. The smallest absolute Gasteiger partial charge is 0.199 e. The van der Waals surface area contributed by atoms with Crippen LogP contribution in [0.1, 0.15) is 37.6 Å². The third-order valence-electron chi connectivity index (χ3n) is 5.26. The van der Waals surface area contributed by atoms with Crippen molar-refractivity contribution in [2.24, 2.45) is 7.05 Å². The van der Waals surface area contributed by atoms with Gasteiger partial charge in [0.05, 0.1) is 17.2 Å². The lowest BCUT2D eigenvalue weighted by Crippen LogP contribution is -2.35. The number of aromatic nitrogens is 1. The van der Waals surface area contributed by atoms with Crippen molar-refractivity contribution in [2.75, 3.05) is 0 Å². The number of benzene rings is 2. The molecule has 0 spiro atoms. The largest absolute Gasteiger partial charge is 0.213 e. The molecule has 0 saturated carbocycles. The van der Waals surface area contributed by atoms with E-state index in [0.29, 0.717) is 17.5 Å². The first kappa shape index (κ1) is 12.4. The first-order chi connectivity index (χ1) is 13.2. The van der Waals surface area contributed by atoms with Crippen molar-refractivity contribution in [3.8, 4) is 28.5 Å². The number of rotatable bonds is 1. The number of hydrogen-bond donors (Lipinski definition) is 0. The van der Waals surface area contributed by atoms with Gasteiger partial charge in [-0.1, -0.05) is 24.3 Å². The predicted molar refractivity (Wildman–Crippen MR) is 100 cm³/mol. The van der Waals surface area contributed by atoms with Crippen molar-refractivity contribution in [3.63, 3.8) is 0 Å². The van der Waals surface area contributed by atoms with Gasteiger partial charge in [0.25, 0.3) is 0 Å². The van der Waals surface area contributed by atoms with Gasteiger partial charge in [0.1, 0.15) is 7.05 Å². The Hall–Kier alpha value is -2.92. The number of aryl methyl sites for hydroxylation is 3. The van der Waals surface area contributed by atoms with Gasteiger partial charge in [-0.05, 0) is 53.2 Å². The molecule has 0 amide bonds. The van der Waals surface area contributed by atoms with E-state index in [1.807, 2.05) is 30.7 Å². The summed E-state index contributed by atoms with van der Waals surface area (Å²) in [5.74, 6) is 0. The van der Waals surface area contributed by atoms with Crippen LogP contribution >= 0.6 is 0 Å². The van der Waals surface area contributed by atoms with Crippen molar-refractivity contribution in [1.29, 1.82) is 5.26 Å². The fraction of sp³-hybridized carbons (Fsp3) is 0.217. The molecule has 0 bridgehead atoms. The van der Waals surface area contributed by atoms with Crippen molar-refractivity contribution >= 4 is 0 Å². The van der Waals surface area contributed by atoms with Crippen LogP contribution in [-0.2, 0) is 13.5 Å². The van der Waals surface area contributed by atoms with E-state index in [0.717, 1.165) is 44.8 Å². The second-order valence-corrected chi connectivity index (χ2v) is 6.73. The number of fused-ring (bicyclic) bond motifs is 3. The minimum absolute atomic E-state index is 0.350. The number of nitriles is 1. The summed E-state index contributed by atoms with van der Waals surface area (Å²) in [6, 6.07) is 15.9. The van der Waals surface area contributed by atoms with Gasteiger partial charge in [-0.2, -0.15) is 9.83 Å². The van der Waals surface area contributed by atoms with E-state index in [1.165, 1.54) is 0 Å². The molecular formula is C23H21N2+. The molecule has 3 aromatic rings. The summed E-state index contributed by atoms with van der Waals surface area (Å²) in [6.45, 7) is 1.83. The van der Waals surface area contributed by atoms with Gasteiger partial charge in [0, 0.05) is 29.6 Å². The van der Waals surface area contributed by atoms with E-state index >= 15 is 0 Å². The molecule has 2 nitrogen and oxygen atoms in total. The van der Waals surface area contributed by atoms with Crippen molar-refractivity contribution in [2.45, 2.75) is 27.1 Å². The molecule has 4 rings (SSSR count). The Morgan fingerprint density at radius 3 is 2.64 bits per heavy atom. The van der Waals surface area contributed by atoms with E-state index in [-0.39, 0.29) is 0 Å². The highest BCUT2D eigenvalue weighted by Crippen LogP contribution is 2.43. The standard InChI is InChI=1S/C23H21N2/c1-14-10-16(3)25(4)22(11-14)23-15(2)8-9-19-18-7-5-6-17(13-24)20(18)12-21(19)23/h5-11H,12H2,1-4H3/q+1/i1D3. The Balaban J connectivity index is 2.01. The van der Waals surface area contributed by atoms with Crippen LogP contribution in [0.2, 0.25) is 0 Å². The summed E-state index contributed by atoms with van der Waals surface area (Å²) in [5.41, 5.74) is 9.45. The first-order valence-electron chi connectivity index (χ1n) is 9.88. The number of nitrogens with zero attached hydrogens (tertiary/aromatic N) is 2. The Kier molecular flexibility index (Phi) is 2.77. The molecule has 0 N–H and O–H groups in total. The average molecular weight is 328 g/mol. The van der Waals surface area contributed by atoms with Gasteiger partial charge >= 0.3 is 0 Å². The highest BCUT2D eigenvalue weighted by Gasteiger charge is 2.28. The topological polar surface area (TPSA) is 27.7 Å². The van der Waals surface area contributed by atoms with E-state index in [1.54, 1.807) is 12.1 Å². The molecule has 0 unspecified atom stereocenters. The summed E-state index contributed by atoms with van der Waals surface area (Å²) < 4.78 is 25.6. The molecular weight excluding hydrogens is 304 g/mol. The number of pyridine rings is 1. The van der Waals surface area contributed by atoms with Crippen LogP contribution in [0.5, 0.6) is 0 Å². The highest BCUT2D eigenvalue weighted by atomic mass is 14.9. The minimum atomic E-state index is -2.16. The summed E-state index contributed by atoms with van der Waals surface area (Å²) in [6.07, 6.45) is 0.683. The fourth-order valence-corrected chi connectivity index (χ4v) is 3.91. The zero-order valence-electron chi connectivity index (χ0n) is 17.6. The molecule has 1 aromatic heterocycles. The quantitative estimate of drug-likeness (QED) is 0.471. The molecule has 0 aliphatic heterocycles. The molecule has 0 radical (unpaired) electrons. The zero-order chi connectivity index (χ0) is 20.2. The minimum Gasteiger partial charge on any atom is -0.199 e. The maximum absolute atomic E-state index is 9.51. The molecule has 2 heteroatoms. The van der Waals surface area contributed by atoms with Crippen LogP contribution in [-0.4, -0.2) is 0 Å². The zero-order valence-corrected chi connectivity index (χ0v) is 14.6. The molecule has 0 saturated heterocycles. The molecule has 0 atom stereocenters. The Morgan fingerprint density at radius 2 is 1.88 bits per heavy atom. The molecule has 2 aromatic carbocycles. The highest BCUT2D eigenvalue weighted by molar-refractivity contribution is 5.86. The molecule has 25 heavy (non-hydrogen) atoms. The lowest BCUT2D eigenvalue weighted by atomic mass is 9.93. The lowest BCUT2D eigenvalue weighted by molar-refractivity contribution is -0.666. The van der Waals surface area contributed by atoms with Crippen LogP contribution in [0.25, 0.3) is 22.4 Å². The van der Waals surface area contributed by atoms with Gasteiger partial charge < -0.3 is 0 Å².